The average Bonchev–Trinajstić information content (AvgIpc) is 2.95. The van der Waals surface area contributed by atoms with E-state index in [0.29, 0.717) is 4.68 Å². The fraction of sp³-hybridized carbons (Fsp3) is 0.333. The van der Waals surface area contributed by atoms with Gasteiger partial charge in [0.05, 0.1) is 0 Å². The summed E-state index contributed by atoms with van der Waals surface area (Å²) >= 11 is 0. The van der Waals surface area contributed by atoms with Gasteiger partial charge in [0.1, 0.15) is 11.3 Å². The SMILES string of the molecule is FC(F)(F)c1c(-n2cccn2)n[nH]c1C(F)(F)C(F)(F)F. The molecule has 0 unspecified atom stereocenters. The topological polar surface area (TPSA) is 46.5 Å². The minimum atomic E-state index is -6.21. The molecule has 0 atom stereocenters. The summed E-state index contributed by atoms with van der Waals surface area (Å²) < 4.78 is 102. The van der Waals surface area contributed by atoms with Gasteiger partial charge >= 0.3 is 18.3 Å². The van der Waals surface area contributed by atoms with Crippen LogP contribution in [0.15, 0.2) is 18.5 Å². The molecular weight excluding hydrogens is 316 g/mol. The summed E-state index contributed by atoms with van der Waals surface area (Å²) in [6.07, 6.45) is -9.77. The van der Waals surface area contributed by atoms with E-state index >= 15 is 0 Å². The molecule has 0 radical (unpaired) electrons. The molecule has 0 aliphatic carbocycles. The maximum Gasteiger partial charge on any atom is 0.459 e. The van der Waals surface area contributed by atoms with Crippen LogP contribution in [0, 0.1) is 0 Å². The van der Waals surface area contributed by atoms with Crippen molar-refractivity contribution in [1.82, 2.24) is 20.0 Å². The Hall–Kier alpha value is -2.14. The third-order valence-corrected chi connectivity index (χ3v) is 2.42. The molecule has 21 heavy (non-hydrogen) atoms. The highest BCUT2D eigenvalue weighted by atomic mass is 19.4. The largest absolute Gasteiger partial charge is 0.459 e. The fourth-order valence-electron chi connectivity index (χ4n) is 1.53. The predicted molar refractivity (Wildman–Crippen MR) is 50.7 cm³/mol. The first kappa shape index (κ1) is 15.3. The van der Waals surface area contributed by atoms with Gasteiger partial charge in [0.15, 0.2) is 5.82 Å². The summed E-state index contributed by atoms with van der Waals surface area (Å²) in [5.74, 6) is -6.94. The van der Waals surface area contributed by atoms with E-state index in [4.69, 9.17) is 0 Å². The number of aromatic amines is 1. The van der Waals surface area contributed by atoms with E-state index in [0.717, 1.165) is 23.6 Å². The standard InChI is InChI=1S/C9H4F8N4/c10-7(11,9(15,16)17)5-4(8(12,13)14)6(20-19-5)21-3-1-2-18-21/h1-3H,(H,19,20). The second kappa shape index (κ2) is 4.43. The van der Waals surface area contributed by atoms with Crippen LogP contribution in [0.3, 0.4) is 0 Å². The van der Waals surface area contributed by atoms with Crippen molar-refractivity contribution < 1.29 is 35.1 Å². The Kier molecular flexibility index (Phi) is 3.22. The van der Waals surface area contributed by atoms with Crippen molar-refractivity contribution in [3.05, 3.63) is 29.7 Å². The van der Waals surface area contributed by atoms with Gasteiger partial charge < -0.3 is 0 Å². The number of nitrogens with zero attached hydrogens (tertiary/aromatic N) is 3. The summed E-state index contributed by atoms with van der Waals surface area (Å²) in [5.41, 5.74) is -4.61. The lowest BCUT2D eigenvalue weighted by Crippen LogP contribution is -2.36. The van der Waals surface area contributed by atoms with Crippen LogP contribution in [0.5, 0.6) is 0 Å². The molecule has 0 bridgehead atoms. The van der Waals surface area contributed by atoms with Gasteiger partial charge in [-0.15, -0.1) is 0 Å². The first-order chi connectivity index (χ1) is 9.46. The molecule has 0 amide bonds. The van der Waals surface area contributed by atoms with Crippen molar-refractivity contribution in [2.75, 3.05) is 0 Å². The number of alkyl halides is 8. The maximum absolute atomic E-state index is 13.2. The van der Waals surface area contributed by atoms with Crippen LogP contribution in [0.25, 0.3) is 5.82 Å². The van der Waals surface area contributed by atoms with Crippen molar-refractivity contribution in [3.8, 4) is 5.82 Å². The molecule has 2 heterocycles. The molecule has 0 fully saturated rings. The van der Waals surface area contributed by atoms with Gasteiger partial charge in [-0.25, -0.2) is 4.68 Å². The first-order valence-electron chi connectivity index (χ1n) is 5.07. The van der Waals surface area contributed by atoms with E-state index in [1.165, 1.54) is 0 Å². The Morgan fingerprint density at radius 1 is 1.00 bits per heavy atom. The number of H-pyrrole nitrogens is 1. The van der Waals surface area contributed by atoms with Crippen molar-refractivity contribution in [2.24, 2.45) is 0 Å². The highest BCUT2D eigenvalue weighted by Crippen LogP contribution is 2.48. The number of nitrogens with one attached hydrogen (secondary N) is 1. The van der Waals surface area contributed by atoms with E-state index < -0.39 is 35.4 Å². The maximum atomic E-state index is 13.2. The van der Waals surface area contributed by atoms with Crippen LogP contribution in [0.2, 0.25) is 0 Å². The van der Waals surface area contributed by atoms with Crippen molar-refractivity contribution in [3.63, 3.8) is 0 Å². The highest BCUT2D eigenvalue weighted by molar-refractivity contribution is 5.41. The van der Waals surface area contributed by atoms with Crippen LogP contribution in [-0.4, -0.2) is 26.2 Å². The zero-order chi connectivity index (χ0) is 16.1. The Balaban J connectivity index is 2.70. The molecule has 0 saturated heterocycles. The first-order valence-corrected chi connectivity index (χ1v) is 5.07. The molecular formula is C9H4F8N4. The lowest BCUT2D eigenvalue weighted by Gasteiger charge is -2.20. The Labute approximate surface area is 110 Å². The van der Waals surface area contributed by atoms with Crippen LogP contribution in [0.1, 0.15) is 11.3 Å². The third-order valence-electron chi connectivity index (χ3n) is 2.42. The molecule has 0 saturated carbocycles. The normalized spacial score (nSPS) is 13.7. The second-order valence-electron chi connectivity index (χ2n) is 3.82. The van der Waals surface area contributed by atoms with E-state index in [1.54, 1.807) is 0 Å². The second-order valence-corrected chi connectivity index (χ2v) is 3.82. The fourth-order valence-corrected chi connectivity index (χ4v) is 1.53. The molecule has 2 aromatic rings. The van der Waals surface area contributed by atoms with Gasteiger partial charge in [-0.05, 0) is 6.07 Å². The van der Waals surface area contributed by atoms with Gasteiger partial charge in [-0.1, -0.05) is 0 Å². The number of hydrogen-bond donors (Lipinski definition) is 1. The average molecular weight is 320 g/mol. The Morgan fingerprint density at radius 2 is 1.62 bits per heavy atom. The lowest BCUT2D eigenvalue weighted by atomic mass is 10.1. The van der Waals surface area contributed by atoms with Crippen molar-refractivity contribution in [1.29, 1.82) is 0 Å². The molecule has 0 aliphatic rings. The summed E-state index contributed by atoms with van der Waals surface area (Å²) in [6, 6.07) is 1.15. The number of rotatable bonds is 2. The molecule has 4 nitrogen and oxygen atoms in total. The van der Waals surface area contributed by atoms with Gasteiger partial charge in [-0.3, -0.25) is 5.10 Å². The molecule has 116 valence electrons. The zero-order valence-electron chi connectivity index (χ0n) is 9.60. The van der Waals surface area contributed by atoms with Gasteiger partial charge in [-0.2, -0.15) is 45.3 Å². The molecule has 12 heteroatoms. The van der Waals surface area contributed by atoms with E-state index in [1.807, 2.05) is 0 Å². The van der Waals surface area contributed by atoms with Crippen LogP contribution >= 0.6 is 0 Å². The van der Waals surface area contributed by atoms with Crippen molar-refractivity contribution in [2.45, 2.75) is 18.3 Å². The molecule has 2 aromatic heterocycles. The van der Waals surface area contributed by atoms with Gasteiger partial charge in [0.2, 0.25) is 0 Å². The van der Waals surface area contributed by atoms with E-state index in [2.05, 4.69) is 10.2 Å². The number of aromatic nitrogens is 4. The molecule has 1 N–H and O–H groups in total. The summed E-state index contributed by atoms with van der Waals surface area (Å²) in [4.78, 5) is 0. The molecule has 0 aliphatic heterocycles. The summed E-state index contributed by atoms with van der Waals surface area (Å²) in [5, 5.41) is 7.32. The Morgan fingerprint density at radius 3 is 2.05 bits per heavy atom. The van der Waals surface area contributed by atoms with E-state index in [9.17, 15) is 35.1 Å². The van der Waals surface area contributed by atoms with Crippen LogP contribution in [-0.2, 0) is 12.1 Å². The number of hydrogen-bond acceptors (Lipinski definition) is 2. The summed E-state index contributed by atoms with van der Waals surface area (Å²) in [6.45, 7) is 0. The Bertz CT molecular complexity index is 621. The highest BCUT2D eigenvalue weighted by Gasteiger charge is 2.63. The van der Waals surface area contributed by atoms with Crippen LogP contribution in [0.4, 0.5) is 35.1 Å². The summed E-state index contributed by atoms with van der Waals surface area (Å²) in [7, 11) is 0. The minimum Gasteiger partial charge on any atom is -0.273 e. The monoisotopic (exact) mass is 320 g/mol. The van der Waals surface area contributed by atoms with Crippen LogP contribution < -0.4 is 0 Å². The molecule has 0 aromatic carbocycles. The number of halogens is 8. The quantitative estimate of drug-likeness (QED) is 0.863. The molecule has 0 spiro atoms. The zero-order valence-corrected chi connectivity index (χ0v) is 9.60. The molecule has 2 rings (SSSR count). The minimum absolute atomic E-state index is 0.426. The smallest absolute Gasteiger partial charge is 0.273 e. The van der Waals surface area contributed by atoms with Crippen molar-refractivity contribution >= 4 is 0 Å². The lowest BCUT2D eigenvalue weighted by molar-refractivity contribution is -0.292. The van der Waals surface area contributed by atoms with Gasteiger partial charge in [0, 0.05) is 12.4 Å². The van der Waals surface area contributed by atoms with E-state index in [-0.39, 0.29) is 0 Å². The predicted octanol–water partition coefficient (Wildman–Crippen LogP) is 3.27. The van der Waals surface area contributed by atoms with Gasteiger partial charge in [0.25, 0.3) is 0 Å². The third kappa shape index (κ3) is 2.45.